The van der Waals surface area contributed by atoms with Crippen LogP contribution in [0, 0.1) is 5.92 Å². The number of amides is 1. The smallest absolute Gasteiger partial charge is 0.257 e. The third kappa shape index (κ3) is 2.97. The minimum absolute atomic E-state index is 0.107. The Morgan fingerprint density at radius 2 is 2.37 bits per heavy atom. The van der Waals surface area contributed by atoms with Gasteiger partial charge in [-0.05, 0) is 32.1 Å². The third-order valence-corrected chi connectivity index (χ3v) is 3.96. The molecule has 0 aliphatic carbocycles. The molecule has 1 aliphatic rings. The van der Waals surface area contributed by atoms with Gasteiger partial charge in [0.05, 0.1) is 11.3 Å². The molecule has 0 aromatic carbocycles. The first-order chi connectivity index (χ1) is 9.02. The minimum atomic E-state index is 0.107. The van der Waals surface area contributed by atoms with E-state index in [9.17, 15) is 4.79 Å². The second-order valence-corrected chi connectivity index (χ2v) is 5.53. The number of likely N-dealkylation sites (tertiary alicyclic amines) is 1. The molecular weight excluding hydrogens is 240 g/mol. The fourth-order valence-corrected chi connectivity index (χ4v) is 2.77. The molecular formula is C14H24N4O. The average molecular weight is 264 g/mol. The number of aryl methyl sites for hydroxylation is 2. The topological polar surface area (TPSA) is 64.2 Å². The Morgan fingerprint density at radius 3 is 3.00 bits per heavy atom. The molecule has 2 rings (SSSR count). The van der Waals surface area contributed by atoms with Crippen molar-refractivity contribution in [2.45, 2.75) is 39.2 Å². The Kier molecular flexibility index (Phi) is 4.24. The second kappa shape index (κ2) is 5.74. The van der Waals surface area contributed by atoms with Crippen molar-refractivity contribution in [1.29, 1.82) is 0 Å². The van der Waals surface area contributed by atoms with Crippen LogP contribution in [0.4, 0.5) is 0 Å². The van der Waals surface area contributed by atoms with E-state index in [0.29, 0.717) is 5.92 Å². The van der Waals surface area contributed by atoms with Gasteiger partial charge in [0.1, 0.15) is 0 Å². The summed E-state index contributed by atoms with van der Waals surface area (Å²) in [7, 11) is 1.86. The number of hydrogen-bond donors (Lipinski definition) is 1. The van der Waals surface area contributed by atoms with Gasteiger partial charge in [-0.2, -0.15) is 5.10 Å². The number of nitrogens with zero attached hydrogens (tertiary/aromatic N) is 3. The Morgan fingerprint density at radius 1 is 1.63 bits per heavy atom. The Labute approximate surface area is 114 Å². The molecule has 2 heterocycles. The Hall–Kier alpha value is -1.36. The molecule has 1 amide bonds. The number of nitrogens with two attached hydrogens (primary N) is 1. The van der Waals surface area contributed by atoms with Gasteiger partial charge in [0.15, 0.2) is 0 Å². The summed E-state index contributed by atoms with van der Waals surface area (Å²) in [6.07, 6.45) is 4.78. The van der Waals surface area contributed by atoms with Crippen molar-refractivity contribution >= 4 is 5.91 Å². The SMILES string of the molecule is CCc1nn(C)cc1C(=O)N1CCCC(C(C)N)C1. The van der Waals surface area contributed by atoms with E-state index in [2.05, 4.69) is 5.10 Å². The molecule has 19 heavy (non-hydrogen) atoms. The van der Waals surface area contributed by atoms with Crippen molar-refractivity contribution < 1.29 is 4.79 Å². The maximum atomic E-state index is 12.6. The molecule has 1 aromatic rings. The molecule has 106 valence electrons. The van der Waals surface area contributed by atoms with E-state index in [1.54, 1.807) is 4.68 Å². The van der Waals surface area contributed by atoms with Gasteiger partial charge in [-0.15, -0.1) is 0 Å². The summed E-state index contributed by atoms with van der Waals surface area (Å²) in [6.45, 7) is 5.66. The molecule has 1 aromatic heterocycles. The van der Waals surface area contributed by atoms with Crippen molar-refractivity contribution in [2.75, 3.05) is 13.1 Å². The minimum Gasteiger partial charge on any atom is -0.338 e. The molecule has 2 atom stereocenters. The van der Waals surface area contributed by atoms with Crippen LogP contribution in [-0.2, 0) is 13.5 Å². The van der Waals surface area contributed by atoms with Crippen molar-refractivity contribution in [3.8, 4) is 0 Å². The van der Waals surface area contributed by atoms with Gasteiger partial charge in [-0.25, -0.2) is 0 Å². The van der Waals surface area contributed by atoms with E-state index < -0.39 is 0 Å². The predicted octanol–water partition coefficient (Wildman–Crippen LogP) is 1.18. The largest absolute Gasteiger partial charge is 0.338 e. The number of hydrogen-bond acceptors (Lipinski definition) is 3. The van der Waals surface area contributed by atoms with Gasteiger partial charge < -0.3 is 10.6 Å². The highest BCUT2D eigenvalue weighted by molar-refractivity contribution is 5.95. The summed E-state index contributed by atoms with van der Waals surface area (Å²) in [5.74, 6) is 0.523. The summed E-state index contributed by atoms with van der Waals surface area (Å²) in [5.41, 5.74) is 7.60. The quantitative estimate of drug-likeness (QED) is 0.891. The maximum Gasteiger partial charge on any atom is 0.257 e. The van der Waals surface area contributed by atoms with Gasteiger partial charge in [0.25, 0.3) is 5.91 Å². The highest BCUT2D eigenvalue weighted by Gasteiger charge is 2.28. The lowest BCUT2D eigenvalue weighted by molar-refractivity contribution is 0.0660. The zero-order chi connectivity index (χ0) is 14.0. The first-order valence-electron chi connectivity index (χ1n) is 7.10. The average Bonchev–Trinajstić information content (AvgIpc) is 2.79. The van der Waals surface area contributed by atoms with Crippen molar-refractivity contribution in [2.24, 2.45) is 18.7 Å². The molecule has 1 aliphatic heterocycles. The van der Waals surface area contributed by atoms with Crippen LogP contribution in [-0.4, -0.2) is 39.7 Å². The van der Waals surface area contributed by atoms with Gasteiger partial charge in [0, 0.05) is 32.4 Å². The van der Waals surface area contributed by atoms with Crippen LogP contribution in [0.25, 0.3) is 0 Å². The van der Waals surface area contributed by atoms with Crippen LogP contribution in [0.1, 0.15) is 42.7 Å². The zero-order valence-electron chi connectivity index (χ0n) is 12.1. The van der Waals surface area contributed by atoms with Crippen LogP contribution in [0.5, 0.6) is 0 Å². The standard InChI is InChI=1S/C14H24N4O/c1-4-13-12(9-17(3)16-13)14(19)18-7-5-6-11(8-18)10(2)15/h9-11H,4-8,15H2,1-3H3. The van der Waals surface area contributed by atoms with E-state index >= 15 is 0 Å². The van der Waals surface area contributed by atoms with Crippen LogP contribution in [0.2, 0.25) is 0 Å². The summed E-state index contributed by atoms with van der Waals surface area (Å²) >= 11 is 0. The fourth-order valence-electron chi connectivity index (χ4n) is 2.77. The number of carbonyl (C=O) groups is 1. The van der Waals surface area contributed by atoms with Gasteiger partial charge >= 0.3 is 0 Å². The predicted molar refractivity (Wildman–Crippen MR) is 74.9 cm³/mol. The molecule has 1 saturated heterocycles. The van der Waals surface area contributed by atoms with E-state index in [4.69, 9.17) is 5.73 Å². The first-order valence-corrected chi connectivity index (χ1v) is 7.10. The Balaban J connectivity index is 2.14. The van der Waals surface area contributed by atoms with Crippen molar-refractivity contribution in [3.63, 3.8) is 0 Å². The molecule has 0 saturated carbocycles. The molecule has 5 heteroatoms. The maximum absolute atomic E-state index is 12.6. The molecule has 2 N–H and O–H groups in total. The molecule has 0 spiro atoms. The van der Waals surface area contributed by atoms with Crippen LogP contribution in [0.3, 0.4) is 0 Å². The summed E-state index contributed by atoms with van der Waals surface area (Å²) < 4.78 is 1.72. The van der Waals surface area contributed by atoms with Crippen LogP contribution < -0.4 is 5.73 Å². The summed E-state index contributed by atoms with van der Waals surface area (Å²) in [4.78, 5) is 14.5. The number of aromatic nitrogens is 2. The molecule has 1 fully saturated rings. The van der Waals surface area contributed by atoms with Gasteiger partial charge in [-0.3, -0.25) is 9.48 Å². The number of carbonyl (C=O) groups excluding carboxylic acids is 1. The summed E-state index contributed by atoms with van der Waals surface area (Å²) in [5, 5.41) is 4.34. The van der Waals surface area contributed by atoms with Crippen LogP contribution in [0.15, 0.2) is 6.20 Å². The zero-order valence-corrected chi connectivity index (χ0v) is 12.1. The molecule has 2 unspecified atom stereocenters. The summed E-state index contributed by atoms with van der Waals surface area (Å²) in [6, 6.07) is 0.148. The normalized spacial score (nSPS) is 21.5. The Bertz CT molecular complexity index is 452. The monoisotopic (exact) mass is 264 g/mol. The lowest BCUT2D eigenvalue weighted by Crippen LogP contribution is -2.45. The lowest BCUT2D eigenvalue weighted by atomic mass is 9.92. The van der Waals surface area contributed by atoms with E-state index in [0.717, 1.165) is 43.6 Å². The molecule has 0 radical (unpaired) electrons. The second-order valence-electron chi connectivity index (χ2n) is 5.53. The molecule has 0 bridgehead atoms. The van der Waals surface area contributed by atoms with E-state index in [1.807, 2.05) is 32.0 Å². The lowest BCUT2D eigenvalue weighted by Gasteiger charge is -2.34. The van der Waals surface area contributed by atoms with Crippen LogP contribution >= 0.6 is 0 Å². The van der Waals surface area contributed by atoms with Crippen molar-refractivity contribution in [1.82, 2.24) is 14.7 Å². The van der Waals surface area contributed by atoms with E-state index in [-0.39, 0.29) is 11.9 Å². The first kappa shape index (κ1) is 14.1. The van der Waals surface area contributed by atoms with Gasteiger partial charge in [-0.1, -0.05) is 6.92 Å². The number of rotatable bonds is 3. The van der Waals surface area contributed by atoms with E-state index in [1.165, 1.54) is 0 Å². The third-order valence-electron chi connectivity index (χ3n) is 3.96. The fraction of sp³-hybridized carbons (Fsp3) is 0.714. The van der Waals surface area contributed by atoms with Crippen molar-refractivity contribution in [3.05, 3.63) is 17.5 Å². The highest BCUT2D eigenvalue weighted by atomic mass is 16.2. The highest BCUT2D eigenvalue weighted by Crippen LogP contribution is 2.21. The van der Waals surface area contributed by atoms with Gasteiger partial charge in [0.2, 0.25) is 0 Å². The number of piperidine rings is 1. The molecule has 5 nitrogen and oxygen atoms in total.